The summed E-state index contributed by atoms with van der Waals surface area (Å²) in [6.45, 7) is 1.96. The van der Waals surface area contributed by atoms with Crippen LogP contribution in [0.3, 0.4) is 0 Å². The van der Waals surface area contributed by atoms with Gasteiger partial charge in [0, 0.05) is 12.7 Å². The van der Waals surface area contributed by atoms with Gasteiger partial charge in [0.05, 0.1) is 25.3 Å². The van der Waals surface area contributed by atoms with Crippen LogP contribution in [-0.2, 0) is 11.3 Å². The largest absolute Gasteiger partial charge is 0.491 e. The summed E-state index contributed by atoms with van der Waals surface area (Å²) in [6.07, 6.45) is 1.20. The number of esters is 1. The molecule has 0 spiro atoms. The van der Waals surface area contributed by atoms with Gasteiger partial charge in [0.2, 0.25) is 11.2 Å². The van der Waals surface area contributed by atoms with Crippen molar-refractivity contribution in [3.63, 3.8) is 0 Å². The Morgan fingerprint density at radius 3 is 2.45 bits per heavy atom. The molecule has 1 aromatic carbocycles. The number of carbonyl (C=O) groups excluding carboxylic acids is 1. The zero-order valence-corrected chi connectivity index (χ0v) is 12.2. The van der Waals surface area contributed by atoms with E-state index in [9.17, 15) is 18.4 Å². The van der Waals surface area contributed by atoms with E-state index in [0.29, 0.717) is 0 Å². The number of anilines is 1. The van der Waals surface area contributed by atoms with E-state index in [1.54, 1.807) is 6.92 Å². The number of carbonyl (C=O) groups is 1. The zero-order valence-electron chi connectivity index (χ0n) is 12.2. The van der Waals surface area contributed by atoms with Gasteiger partial charge in [0.1, 0.15) is 11.1 Å². The van der Waals surface area contributed by atoms with Gasteiger partial charge in [0.15, 0.2) is 11.6 Å². The van der Waals surface area contributed by atoms with Crippen molar-refractivity contribution in [3.05, 3.63) is 33.6 Å². The van der Waals surface area contributed by atoms with Crippen LogP contribution < -0.4 is 15.9 Å². The lowest BCUT2D eigenvalue weighted by molar-refractivity contribution is 0.0598. The van der Waals surface area contributed by atoms with Crippen LogP contribution in [0.15, 0.2) is 11.0 Å². The third-order valence-corrected chi connectivity index (χ3v) is 3.34. The molecule has 0 fully saturated rings. The number of rotatable bonds is 3. The number of benzene rings is 1. The summed E-state index contributed by atoms with van der Waals surface area (Å²) in [5.41, 5.74) is 3.68. The average molecular weight is 312 g/mol. The third-order valence-electron chi connectivity index (χ3n) is 3.34. The summed E-state index contributed by atoms with van der Waals surface area (Å²) in [5, 5.41) is -0.319. The van der Waals surface area contributed by atoms with E-state index in [4.69, 9.17) is 10.5 Å². The number of pyridine rings is 1. The predicted octanol–water partition coefficient (Wildman–Crippen LogP) is 1.68. The van der Waals surface area contributed by atoms with E-state index < -0.39 is 34.5 Å². The molecule has 8 heteroatoms. The molecule has 0 saturated heterocycles. The van der Waals surface area contributed by atoms with Crippen LogP contribution >= 0.6 is 0 Å². The number of nitrogens with zero attached hydrogens (tertiary/aromatic N) is 1. The SMILES string of the molecule is CCn1cc(C(=O)OC)c(=O)c2c(N)c(F)c(F)c(OC)c21. The first-order chi connectivity index (χ1) is 10.4. The Hall–Kier alpha value is -2.64. The van der Waals surface area contributed by atoms with Gasteiger partial charge in [-0.1, -0.05) is 0 Å². The zero-order chi connectivity index (χ0) is 16.6. The van der Waals surface area contributed by atoms with Crippen molar-refractivity contribution in [3.8, 4) is 5.75 Å². The van der Waals surface area contributed by atoms with E-state index in [-0.39, 0.29) is 23.0 Å². The molecule has 1 aromatic heterocycles. The predicted molar refractivity (Wildman–Crippen MR) is 76.1 cm³/mol. The lowest BCUT2D eigenvalue weighted by atomic mass is 10.1. The molecular weight excluding hydrogens is 298 g/mol. The van der Waals surface area contributed by atoms with E-state index in [2.05, 4.69) is 4.74 Å². The minimum absolute atomic E-state index is 0.0148. The minimum Gasteiger partial charge on any atom is -0.491 e. The monoisotopic (exact) mass is 312 g/mol. The first-order valence-electron chi connectivity index (χ1n) is 6.34. The molecule has 0 amide bonds. The van der Waals surface area contributed by atoms with Gasteiger partial charge in [0.25, 0.3) is 0 Å². The van der Waals surface area contributed by atoms with Gasteiger partial charge >= 0.3 is 5.97 Å². The van der Waals surface area contributed by atoms with Gasteiger partial charge in [-0.25, -0.2) is 9.18 Å². The second kappa shape index (κ2) is 5.63. The molecular formula is C14H14F2N2O4. The summed E-state index contributed by atoms with van der Waals surface area (Å²) in [4.78, 5) is 24.1. The van der Waals surface area contributed by atoms with Crippen LogP contribution in [0.5, 0.6) is 5.75 Å². The number of ether oxygens (including phenoxy) is 2. The number of aromatic nitrogens is 1. The van der Waals surface area contributed by atoms with E-state index in [1.165, 1.54) is 10.8 Å². The number of fused-ring (bicyclic) bond motifs is 1. The first-order valence-corrected chi connectivity index (χ1v) is 6.34. The molecule has 0 bridgehead atoms. The maximum atomic E-state index is 14.0. The maximum Gasteiger partial charge on any atom is 0.343 e. The molecule has 2 N–H and O–H groups in total. The Bertz CT molecular complexity index is 830. The number of nitrogen functional groups attached to an aromatic ring is 1. The maximum absolute atomic E-state index is 14.0. The molecule has 0 radical (unpaired) electrons. The van der Waals surface area contributed by atoms with Crippen molar-refractivity contribution < 1.29 is 23.0 Å². The number of nitrogens with two attached hydrogens (primary N) is 1. The molecule has 0 saturated carbocycles. The topological polar surface area (TPSA) is 83.5 Å². The second-order valence-corrected chi connectivity index (χ2v) is 4.45. The highest BCUT2D eigenvalue weighted by atomic mass is 19.2. The van der Waals surface area contributed by atoms with Gasteiger partial charge in [-0.3, -0.25) is 4.79 Å². The second-order valence-electron chi connectivity index (χ2n) is 4.45. The minimum atomic E-state index is -1.40. The Kier molecular flexibility index (Phi) is 4.03. The van der Waals surface area contributed by atoms with Gasteiger partial charge in [-0.15, -0.1) is 0 Å². The number of hydrogen-bond acceptors (Lipinski definition) is 5. The third kappa shape index (κ3) is 2.07. The Morgan fingerprint density at radius 1 is 1.32 bits per heavy atom. The Labute approximate surface area is 124 Å². The highest BCUT2D eigenvalue weighted by Gasteiger charge is 2.26. The lowest BCUT2D eigenvalue weighted by Gasteiger charge is -2.16. The van der Waals surface area contributed by atoms with Crippen molar-refractivity contribution in [1.82, 2.24) is 4.57 Å². The molecule has 22 heavy (non-hydrogen) atoms. The smallest absolute Gasteiger partial charge is 0.343 e. The van der Waals surface area contributed by atoms with E-state index in [1.807, 2.05) is 0 Å². The van der Waals surface area contributed by atoms with Crippen molar-refractivity contribution in [1.29, 1.82) is 0 Å². The van der Waals surface area contributed by atoms with Crippen LogP contribution in [0, 0.1) is 11.6 Å². The normalized spacial score (nSPS) is 10.8. The molecule has 2 aromatic rings. The van der Waals surface area contributed by atoms with Crippen molar-refractivity contribution in [2.75, 3.05) is 20.0 Å². The number of methoxy groups -OCH3 is 2. The van der Waals surface area contributed by atoms with Crippen LogP contribution in [-0.4, -0.2) is 24.8 Å². The number of halogens is 2. The van der Waals surface area contributed by atoms with Crippen molar-refractivity contribution in [2.24, 2.45) is 0 Å². The number of hydrogen-bond donors (Lipinski definition) is 1. The Balaban J connectivity index is 3.13. The summed E-state index contributed by atoms with van der Waals surface area (Å²) in [6, 6.07) is 0. The molecule has 1 heterocycles. The summed E-state index contributed by atoms with van der Waals surface area (Å²) < 4.78 is 38.6. The molecule has 0 atom stereocenters. The molecule has 6 nitrogen and oxygen atoms in total. The van der Waals surface area contributed by atoms with Crippen LogP contribution in [0.2, 0.25) is 0 Å². The summed E-state index contributed by atoms with van der Waals surface area (Å²) in [5.74, 6) is -4.03. The molecule has 0 unspecified atom stereocenters. The van der Waals surface area contributed by atoms with E-state index in [0.717, 1.165) is 14.2 Å². The molecule has 0 aliphatic heterocycles. The molecule has 2 rings (SSSR count). The van der Waals surface area contributed by atoms with Crippen LogP contribution in [0.1, 0.15) is 17.3 Å². The van der Waals surface area contributed by atoms with Gasteiger partial charge < -0.3 is 19.8 Å². The highest BCUT2D eigenvalue weighted by Crippen LogP contribution is 2.34. The van der Waals surface area contributed by atoms with Gasteiger partial charge in [-0.2, -0.15) is 4.39 Å². The fourth-order valence-corrected chi connectivity index (χ4v) is 2.28. The fraction of sp³-hybridized carbons (Fsp3) is 0.286. The molecule has 0 aliphatic rings. The Morgan fingerprint density at radius 2 is 1.95 bits per heavy atom. The van der Waals surface area contributed by atoms with Gasteiger partial charge in [-0.05, 0) is 6.92 Å². The lowest BCUT2D eigenvalue weighted by Crippen LogP contribution is -2.22. The fourth-order valence-electron chi connectivity index (χ4n) is 2.28. The van der Waals surface area contributed by atoms with Crippen LogP contribution in [0.4, 0.5) is 14.5 Å². The summed E-state index contributed by atoms with van der Waals surface area (Å²) >= 11 is 0. The highest BCUT2D eigenvalue weighted by molar-refractivity contribution is 6.00. The molecule has 0 aliphatic carbocycles. The van der Waals surface area contributed by atoms with Crippen molar-refractivity contribution in [2.45, 2.75) is 13.5 Å². The number of aryl methyl sites for hydroxylation is 1. The van der Waals surface area contributed by atoms with Crippen molar-refractivity contribution >= 4 is 22.6 Å². The van der Waals surface area contributed by atoms with E-state index >= 15 is 0 Å². The average Bonchev–Trinajstić information content (AvgIpc) is 2.52. The molecule has 118 valence electrons. The quantitative estimate of drug-likeness (QED) is 0.688. The van der Waals surface area contributed by atoms with Crippen LogP contribution in [0.25, 0.3) is 10.9 Å². The summed E-state index contributed by atoms with van der Waals surface area (Å²) in [7, 11) is 2.25. The standard InChI is InChI=1S/C14H14F2N2O4/c1-4-18-5-6(14(20)22-3)12(19)7-10(17)8(15)9(16)13(21-2)11(7)18/h5H,4,17H2,1-3H3. The first kappa shape index (κ1) is 15.7.